The number of rotatable bonds is 7. The Bertz CT molecular complexity index is 814. The molecule has 1 aliphatic rings. The zero-order valence-electron chi connectivity index (χ0n) is 15.4. The maximum Gasteiger partial charge on any atom is 0.0562 e. The van der Waals surface area contributed by atoms with E-state index in [0.29, 0.717) is 0 Å². The number of hydrogen-bond donors (Lipinski definition) is 2. The molecule has 0 atom stereocenters. The predicted octanol–water partition coefficient (Wildman–Crippen LogP) is 5.69. The number of hydroxylamine groups is 1. The summed E-state index contributed by atoms with van der Waals surface area (Å²) in [5, 5.41) is 9.20. The van der Waals surface area contributed by atoms with Gasteiger partial charge in [-0.15, -0.1) is 0 Å². The van der Waals surface area contributed by atoms with Crippen LogP contribution in [0.4, 0.5) is 0 Å². The number of nitrogens with zero attached hydrogens (tertiary/aromatic N) is 1. The highest BCUT2D eigenvalue weighted by atomic mass is 32.2. The molecule has 0 saturated heterocycles. The Hall–Kier alpha value is -2.01. The summed E-state index contributed by atoms with van der Waals surface area (Å²) in [4.78, 5) is 1.29. The molecule has 136 valence electrons. The van der Waals surface area contributed by atoms with Crippen molar-refractivity contribution in [1.29, 1.82) is 0 Å². The van der Waals surface area contributed by atoms with Crippen molar-refractivity contribution in [3.63, 3.8) is 0 Å². The Labute approximate surface area is 160 Å². The van der Waals surface area contributed by atoms with Crippen LogP contribution in [-0.4, -0.2) is 9.51 Å². The van der Waals surface area contributed by atoms with Crippen LogP contribution >= 0.6 is 11.9 Å². The van der Waals surface area contributed by atoms with Gasteiger partial charge in [0.15, 0.2) is 0 Å². The molecule has 26 heavy (non-hydrogen) atoms. The van der Waals surface area contributed by atoms with Crippen molar-refractivity contribution in [1.82, 2.24) is 9.79 Å². The highest BCUT2D eigenvalue weighted by molar-refractivity contribution is 7.97. The van der Waals surface area contributed by atoms with Crippen molar-refractivity contribution in [2.24, 2.45) is 0 Å². The van der Waals surface area contributed by atoms with Crippen LogP contribution in [0.25, 0.3) is 6.08 Å². The van der Waals surface area contributed by atoms with E-state index >= 15 is 0 Å². The molecule has 0 spiro atoms. The van der Waals surface area contributed by atoms with Crippen molar-refractivity contribution in [3.05, 3.63) is 82.6 Å². The lowest BCUT2D eigenvalue weighted by Crippen LogP contribution is -2.05. The number of hydrogen-bond acceptors (Lipinski definition) is 4. The average molecular weight is 367 g/mol. The van der Waals surface area contributed by atoms with E-state index in [1.165, 1.54) is 21.6 Å². The first-order valence-electron chi connectivity index (χ1n) is 9.07. The minimum atomic E-state index is 0.740. The lowest BCUT2D eigenvalue weighted by atomic mass is 10.1. The molecule has 0 aromatic heterocycles. The minimum Gasteiger partial charge on any atom is -0.291 e. The number of benzene rings is 2. The summed E-state index contributed by atoms with van der Waals surface area (Å²) in [7, 11) is 0. The van der Waals surface area contributed by atoms with Crippen LogP contribution < -0.4 is 5.48 Å². The fraction of sp³-hybridized carbons (Fsp3) is 0.273. The largest absolute Gasteiger partial charge is 0.291 e. The minimum absolute atomic E-state index is 0.740. The van der Waals surface area contributed by atoms with Gasteiger partial charge in [-0.1, -0.05) is 55.8 Å². The number of nitrogens with one attached hydrogen (secondary N) is 1. The van der Waals surface area contributed by atoms with Crippen LogP contribution in [-0.2, 0) is 13.1 Å². The Balaban J connectivity index is 1.66. The maximum atomic E-state index is 9.20. The van der Waals surface area contributed by atoms with E-state index in [9.17, 15) is 5.21 Å². The number of aryl methyl sites for hydroxylation is 1. The van der Waals surface area contributed by atoms with E-state index in [-0.39, 0.29) is 0 Å². The Morgan fingerprint density at radius 2 is 2.04 bits per heavy atom. The third kappa shape index (κ3) is 5.01. The van der Waals surface area contributed by atoms with Gasteiger partial charge >= 0.3 is 0 Å². The summed E-state index contributed by atoms with van der Waals surface area (Å²) >= 11 is 1.82. The van der Waals surface area contributed by atoms with E-state index in [1.54, 1.807) is 0 Å². The molecular weight excluding hydrogens is 340 g/mol. The van der Waals surface area contributed by atoms with Crippen LogP contribution in [0.15, 0.2) is 65.2 Å². The molecule has 4 heteroatoms. The lowest BCUT2D eigenvalue weighted by Gasteiger charge is -2.13. The van der Waals surface area contributed by atoms with Crippen LogP contribution in [0, 0.1) is 6.92 Å². The Morgan fingerprint density at radius 3 is 2.81 bits per heavy atom. The van der Waals surface area contributed by atoms with E-state index in [4.69, 9.17) is 0 Å². The van der Waals surface area contributed by atoms with Crippen LogP contribution in [0.1, 0.15) is 42.0 Å². The summed E-state index contributed by atoms with van der Waals surface area (Å²) in [6.07, 6.45) is 7.98. The molecule has 2 aromatic carbocycles. The summed E-state index contributed by atoms with van der Waals surface area (Å²) in [5.74, 6) is 0. The fourth-order valence-corrected chi connectivity index (χ4v) is 4.09. The molecular formula is C22H26N2OS. The molecule has 2 aromatic rings. The first-order valence-corrected chi connectivity index (χ1v) is 9.85. The number of unbranched alkanes of at least 4 members (excludes halogenated alkanes) is 1. The quantitative estimate of drug-likeness (QED) is 0.375. The van der Waals surface area contributed by atoms with E-state index in [0.717, 1.165) is 37.2 Å². The lowest BCUT2D eigenvalue weighted by molar-refractivity contribution is 0.204. The topological polar surface area (TPSA) is 35.5 Å². The SMILES string of the molecule is CCC/C=C(\C=C\c1ccc2c(c1)CN(Sc1cccc(C)c1)C2)NO. The normalized spacial score (nSPS) is 14.8. The van der Waals surface area contributed by atoms with Crippen molar-refractivity contribution in [3.8, 4) is 0 Å². The second kappa shape index (κ2) is 9.08. The van der Waals surface area contributed by atoms with E-state index < -0.39 is 0 Å². The average Bonchev–Trinajstić information content (AvgIpc) is 3.03. The molecule has 0 unspecified atom stereocenters. The van der Waals surface area contributed by atoms with Gasteiger partial charge in [0.25, 0.3) is 0 Å². The predicted molar refractivity (Wildman–Crippen MR) is 110 cm³/mol. The molecule has 0 radical (unpaired) electrons. The number of allylic oxidation sites excluding steroid dienone is 2. The first kappa shape index (κ1) is 18.8. The van der Waals surface area contributed by atoms with Crippen molar-refractivity contribution < 1.29 is 5.21 Å². The highest BCUT2D eigenvalue weighted by Gasteiger charge is 2.19. The smallest absolute Gasteiger partial charge is 0.0562 e. The van der Waals surface area contributed by atoms with Gasteiger partial charge < -0.3 is 0 Å². The van der Waals surface area contributed by atoms with Crippen molar-refractivity contribution in [2.45, 2.75) is 44.7 Å². The van der Waals surface area contributed by atoms with Gasteiger partial charge in [0, 0.05) is 18.0 Å². The van der Waals surface area contributed by atoms with Gasteiger partial charge in [-0.2, -0.15) is 0 Å². The van der Waals surface area contributed by atoms with Crippen LogP contribution in [0.5, 0.6) is 0 Å². The third-order valence-corrected chi connectivity index (χ3v) is 5.37. The van der Waals surface area contributed by atoms with Gasteiger partial charge in [-0.25, -0.2) is 4.31 Å². The fourth-order valence-electron chi connectivity index (χ4n) is 3.01. The molecule has 1 aliphatic heterocycles. The summed E-state index contributed by atoms with van der Waals surface area (Å²) in [6, 6.07) is 15.2. The monoisotopic (exact) mass is 366 g/mol. The molecule has 0 bridgehead atoms. The molecule has 0 aliphatic carbocycles. The summed E-state index contributed by atoms with van der Waals surface area (Å²) in [5.41, 5.74) is 8.22. The molecule has 0 amide bonds. The van der Waals surface area contributed by atoms with Gasteiger partial charge in [0.05, 0.1) is 5.70 Å². The second-order valence-electron chi connectivity index (χ2n) is 6.63. The standard InChI is InChI=1S/C22H26N2OS/c1-3-4-7-21(23-25)12-10-18-9-11-19-15-24(16-20(19)14-18)26-22-8-5-6-17(2)13-22/h5-14,23,25H,3-4,15-16H2,1-2H3/b12-10+,21-7+. The molecule has 3 nitrogen and oxygen atoms in total. The molecule has 3 rings (SSSR count). The summed E-state index contributed by atoms with van der Waals surface area (Å²) < 4.78 is 2.40. The summed E-state index contributed by atoms with van der Waals surface area (Å²) in [6.45, 7) is 6.17. The van der Waals surface area contributed by atoms with E-state index in [2.05, 4.69) is 66.1 Å². The number of fused-ring (bicyclic) bond motifs is 1. The second-order valence-corrected chi connectivity index (χ2v) is 7.80. The van der Waals surface area contributed by atoms with Gasteiger partial charge in [-0.3, -0.25) is 10.7 Å². The Kier molecular flexibility index (Phi) is 6.56. The Morgan fingerprint density at radius 1 is 1.19 bits per heavy atom. The van der Waals surface area contributed by atoms with Gasteiger partial charge in [-0.05, 0) is 65.8 Å². The van der Waals surface area contributed by atoms with Gasteiger partial charge in [0.2, 0.25) is 0 Å². The van der Waals surface area contributed by atoms with Gasteiger partial charge in [0.1, 0.15) is 0 Å². The first-order chi connectivity index (χ1) is 12.7. The molecule has 0 saturated carbocycles. The molecule has 1 heterocycles. The highest BCUT2D eigenvalue weighted by Crippen LogP contribution is 2.33. The van der Waals surface area contributed by atoms with Crippen LogP contribution in [0.2, 0.25) is 0 Å². The molecule has 2 N–H and O–H groups in total. The zero-order chi connectivity index (χ0) is 18.4. The zero-order valence-corrected chi connectivity index (χ0v) is 16.2. The third-order valence-electron chi connectivity index (χ3n) is 4.39. The van der Waals surface area contributed by atoms with Crippen molar-refractivity contribution in [2.75, 3.05) is 0 Å². The van der Waals surface area contributed by atoms with Crippen LogP contribution in [0.3, 0.4) is 0 Å². The molecule has 0 fully saturated rings. The van der Waals surface area contributed by atoms with Crippen molar-refractivity contribution >= 4 is 18.0 Å². The van der Waals surface area contributed by atoms with E-state index in [1.807, 2.05) is 30.2 Å². The maximum absolute atomic E-state index is 9.20.